The average molecular weight is 419 g/mol. The van der Waals surface area contributed by atoms with E-state index < -0.39 is 5.97 Å². The van der Waals surface area contributed by atoms with Crippen molar-refractivity contribution in [2.45, 2.75) is 24.8 Å². The Morgan fingerprint density at radius 2 is 1.96 bits per heavy atom. The minimum Gasteiger partial charge on any atom is -0.465 e. The smallest absolute Gasteiger partial charge is 0.326 e. The lowest BCUT2D eigenvalue weighted by molar-refractivity contribution is -0.143. The van der Waals surface area contributed by atoms with Crippen LogP contribution in [0.4, 0.5) is 4.39 Å². The van der Waals surface area contributed by atoms with E-state index in [1.807, 2.05) is 30.5 Å². The molecule has 1 heterocycles. The molecular formula is C20H19FN2O3S2. The van der Waals surface area contributed by atoms with Gasteiger partial charge in [-0.05, 0) is 49.1 Å². The summed E-state index contributed by atoms with van der Waals surface area (Å²) in [5.74, 6) is -1.15. The number of rotatable bonds is 6. The van der Waals surface area contributed by atoms with Gasteiger partial charge in [-0.2, -0.15) is 4.99 Å². The third-order valence-electron chi connectivity index (χ3n) is 3.97. The fourth-order valence-corrected chi connectivity index (χ4v) is 4.16. The minimum absolute atomic E-state index is 0.0893. The van der Waals surface area contributed by atoms with E-state index in [-0.39, 0.29) is 31.3 Å². The second kappa shape index (κ2) is 9.16. The highest BCUT2D eigenvalue weighted by molar-refractivity contribution is 7.98. The van der Waals surface area contributed by atoms with Crippen LogP contribution in [-0.2, 0) is 27.3 Å². The average Bonchev–Trinajstić information content (AvgIpc) is 2.98. The summed E-state index contributed by atoms with van der Waals surface area (Å²) in [6, 6.07) is 12.0. The van der Waals surface area contributed by atoms with Crippen molar-refractivity contribution in [3.05, 3.63) is 58.6 Å². The lowest BCUT2D eigenvalue weighted by atomic mass is 10.1. The molecule has 5 nitrogen and oxygen atoms in total. The van der Waals surface area contributed by atoms with E-state index in [2.05, 4.69) is 4.99 Å². The monoisotopic (exact) mass is 418 g/mol. The first-order chi connectivity index (χ1) is 13.5. The summed E-state index contributed by atoms with van der Waals surface area (Å²) < 4.78 is 20.8. The maximum atomic E-state index is 13.6. The predicted molar refractivity (Wildman–Crippen MR) is 109 cm³/mol. The Labute approximate surface area is 169 Å². The third-order valence-corrected chi connectivity index (χ3v) is 5.76. The number of thiazole rings is 1. The van der Waals surface area contributed by atoms with E-state index in [9.17, 15) is 14.0 Å². The number of carbonyl (C=O) groups is 2. The van der Waals surface area contributed by atoms with Gasteiger partial charge in [0.05, 0.1) is 23.2 Å². The van der Waals surface area contributed by atoms with E-state index in [1.54, 1.807) is 29.3 Å². The molecule has 0 bridgehead atoms. The van der Waals surface area contributed by atoms with Gasteiger partial charge in [0.2, 0.25) is 0 Å². The Morgan fingerprint density at radius 1 is 1.21 bits per heavy atom. The maximum Gasteiger partial charge on any atom is 0.326 e. The second-order valence-electron chi connectivity index (χ2n) is 5.92. The van der Waals surface area contributed by atoms with E-state index in [0.717, 1.165) is 10.5 Å². The molecule has 1 amide bonds. The van der Waals surface area contributed by atoms with Gasteiger partial charge in [0.15, 0.2) is 4.80 Å². The molecular weight excluding hydrogens is 399 g/mol. The van der Waals surface area contributed by atoms with Gasteiger partial charge in [-0.1, -0.05) is 23.5 Å². The Bertz CT molecular complexity index is 1070. The highest BCUT2D eigenvalue weighted by Gasteiger charge is 2.13. The summed E-state index contributed by atoms with van der Waals surface area (Å²) in [5.41, 5.74) is 1.49. The van der Waals surface area contributed by atoms with Crippen LogP contribution in [0.1, 0.15) is 12.5 Å². The highest BCUT2D eigenvalue weighted by Crippen LogP contribution is 2.19. The number of thioether (sulfide) groups is 1. The summed E-state index contributed by atoms with van der Waals surface area (Å²) >= 11 is 2.80. The van der Waals surface area contributed by atoms with Gasteiger partial charge >= 0.3 is 5.97 Å². The van der Waals surface area contributed by atoms with Crippen LogP contribution in [-0.4, -0.2) is 29.3 Å². The highest BCUT2D eigenvalue weighted by atomic mass is 32.2. The number of esters is 1. The largest absolute Gasteiger partial charge is 0.465 e. The van der Waals surface area contributed by atoms with E-state index >= 15 is 0 Å². The zero-order chi connectivity index (χ0) is 20.1. The lowest BCUT2D eigenvalue weighted by Crippen LogP contribution is -2.23. The standard InChI is InChI=1S/C20H19FN2O3S2/c1-3-26-19(25)12-23-16-9-6-14(21)11-17(16)28-20(23)22-18(24)10-13-4-7-15(27-2)8-5-13/h4-9,11H,3,10,12H2,1-2H3. The summed E-state index contributed by atoms with van der Waals surface area (Å²) in [4.78, 5) is 30.1. The van der Waals surface area contributed by atoms with Crippen LogP contribution in [0.15, 0.2) is 52.4 Å². The fourth-order valence-electron chi connectivity index (χ4n) is 2.69. The number of benzene rings is 2. The summed E-state index contributed by atoms with van der Waals surface area (Å²) in [6.45, 7) is 1.89. The molecule has 0 spiro atoms. The Balaban J connectivity index is 1.94. The topological polar surface area (TPSA) is 60.7 Å². The molecule has 0 aliphatic heterocycles. The molecule has 0 aliphatic rings. The molecule has 0 N–H and O–H groups in total. The van der Waals surface area contributed by atoms with Crippen molar-refractivity contribution in [1.29, 1.82) is 0 Å². The van der Waals surface area contributed by atoms with Crippen LogP contribution in [0, 0.1) is 5.82 Å². The number of hydrogen-bond acceptors (Lipinski definition) is 5. The van der Waals surface area contributed by atoms with Gasteiger partial charge in [-0.3, -0.25) is 9.59 Å². The molecule has 2 aromatic carbocycles. The number of fused-ring (bicyclic) bond motifs is 1. The first-order valence-corrected chi connectivity index (χ1v) is 10.7. The van der Waals surface area contributed by atoms with Crippen molar-refractivity contribution in [3.8, 4) is 0 Å². The van der Waals surface area contributed by atoms with E-state index in [4.69, 9.17) is 4.74 Å². The fraction of sp³-hybridized carbons (Fsp3) is 0.250. The molecule has 0 saturated carbocycles. The molecule has 0 atom stereocenters. The third kappa shape index (κ3) is 4.88. The molecule has 1 aromatic heterocycles. The van der Waals surface area contributed by atoms with Gasteiger partial charge in [0, 0.05) is 4.90 Å². The van der Waals surface area contributed by atoms with Gasteiger partial charge in [0.25, 0.3) is 5.91 Å². The summed E-state index contributed by atoms with van der Waals surface area (Å²) in [5, 5.41) is 0. The molecule has 146 valence electrons. The Hall–Kier alpha value is -2.45. The van der Waals surface area contributed by atoms with Crippen molar-refractivity contribution in [2.24, 2.45) is 4.99 Å². The lowest BCUT2D eigenvalue weighted by Gasteiger charge is -2.05. The van der Waals surface area contributed by atoms with Crippen LogP contribution in [0.25, 0.3) is 10.2 Å². The molecule has 3 aromatic rings. The van der Waals surface area contributed by atoms with Crippen molar-refractivity contribution < 1.29 is 18.7 Å². The molecule has 0 fully saturated rings. The number of halogens is 1. The molecule has 0 saturated heterocycles. The molecule has 3 rings (SSSR count). The van der Waals surface area contributed by atoms with E-state index in [1.165, 1.54) is 23.5 Å². The summed E-state index contributed by atoms with van der Waals surface area (Å²) in [7, 11) is 0. The number of hydrogen-bond donors (Lipinski definition) is 0. The maximum absolute atomic E-state index is 13.6. The number of aromatic nitrogens is 1. The molecule has 0 radical (unpaired) electrons. The van der Waals surface area contributed by atoms with Crippen LogP contribution >= 0.6 is 23.1 Å². The van der Waals surface area contributed by atoms with Crippen LogP contribution in [0.5, 0.6) is 0 Å². The SMILES string of the molecule is CCOC(=O)Cn1c(=NC(=O)Cc2ccc(SC)cc2)sc2cc(F)ccc21. The van der Waals surface area contributed by atoms with Crippen LogP contribution in [0.3, 0.4) is 0 Å². The molecule has 0 unspecified atom stereocenters. The van der Waals surface area contributed by atoms with Gasteiger partial charge in [0.1, 0.15) is 12.4 Å². The number of carbonyl (C=O) groups excluding carboxylic acids is 2. The molecule has 0 aliphatic carbocycles. The summed E-state index contributed by atoms with van der Waals surface area (Å²) in [6.07, 6.45) is 2.14. The molecule has 28 heavy (non-hydrogen) atoms. The Morgan fingerprint density at radius 3 is 2.64 bits per heavy atom. The van der Waals surface area contributed by atoms with Crippen LogP contribution in [0.2, 0.25) is 0 Å². The zero-order valence-corrected chi connectivity index (χ0v) is 17.1. The second-order valence-corrected chi connectivity index (χ2v) is 7.81. The number of amides is 1. The van der Waals surface area contributed by atoms with Crippen LogP contribution < -0.4 is 4.80 Å². The predicted octanol–water partition coefficient (Wildman–Crippen LogP) is 3.80. The van der Waals surface area contributed by atoms with Gasteiger partial charge in [-0.25, -0.2) is 4.39 Å². The Kier molecular flexibility index (Phi) is 6.64. The van der Waals surface area contributed by atoms with Crippen molar-refractivity contribution >= 4 is 45.2 Å². The number of nitrogens with zero attached hydrogens (tertiary/aromatic N) is 2. The zero-order valence-electron chi connectivity index (χ0n) is 15.5. The quantitative estimate of drug-likeness (QED) is 0.451. The first kappa shape index (κ1) is 20.3. The number of ether oxygens (including phenoxy) is 1. The van der Waals surface area contributed by atoms with E-state index in [0.29, 0.717) is 15.0 Å². The van der Waals surface area contributed by atoms with Crippen molar-refractivity contribution in [3.63, 3.8) is 0 Å². The van der Waals surface area contributed by atoms with Crippen molar-refractivity contribution in [1.82, 2.24) is 4.57 Å². The van der Waals surface area contributed by atoms with Gasteiger partial charge < -0.3 is 9.30 Å². The first-order valence-electron chi connectivity index (χ1n) is 8.65. The minimum atomic E-state index is -0.437. The van der Waals surface area contributed by atoms with Gasteiger partial charge in [-0.15, -0.1) is 11.8 Å². The van der Waals surface area contributed by atoms with Crippen molar-refractivity contribution in [2.75, 3.05) is 12.9 Å². The molecule has 8 heteroatoms. The normalized spacial score (nSPS) is 11.8.